The molecule has 0 amide bonds. The van der Waals surface area contributed by atoms with Crippen LogP contribution in [-0.2, 0) is 19.5 Å². The van der Waals surface area contributed by atoms with Crippen molar-refractivity contribution in [1.29, 1.82) is 0 Å². The average molecular weight is 241 g/mol. The number of nitrogens with zero attached hydrogens (tertiary/aromatic N) is 2. The summed E-state index contributed by atoms with van der Waals surface area (Å²) in [7, 11) is 2.16. The number of aromatic nitrogens is 1. The van der Waals surface area contributed by atoms with Gasteiger partial charge in [0.1, 0.15) is 0 Å². The Morgan fingerprint density at radius 2 is 2.22 bits per heavy atom. The largest absolute Gasteiger partial charge is 0.326 e. The van der Waals surface area contributed by atoms with Crippen molar-refractivity contribution in [2.45, 2.75) is 26.4 Å². The lowest BCUT2D eigenvalue weighted by Gasteiger charge is -2.27. The van der Waals surface area contributed by atoms with Crippen LogP contribution in [0, 0.1) is 6.92 Å². The van der Waals surface area contributed by atoms with Gasteiger partial charge < -0.3 is 10.6 Å². The lowest BCUT2D eigenvalue weighted by atomic mass is 9.95. The van der Waals surface area contributed by atoms with Crippen LogP contribution in [0.4, 0.5) is 0 Å². The van der Waals surface area contributed by atoms with E-state index in [1.165, 1.54) is 27.8 Å². The fourth-order valence-corrected chi connectivity index (χ4v) is 2.81. The summed E-state index contributed by atoms with van der Waals surface area (Å²) in [6.07, 6.45) is 1.03. The summed E-state index contributed by atoms with van der Waals surface area (Å²) in [5, 5.41) is 1.23. The first-order valence-electron chi connectivity index (χ1n) is 6.48. The maximum Gasteiger partial charge on any atom is 0.0708 e. The smallest absolute Gasteiger partial charge is 0.0708 e. The van der Waals surface area contributed by atoms with Gasteiger partial charge in [0.05, 0.1) is 5.52 Å². The number of hydrogen-bond donors (Lipinski definition) is 1. The van der Waals surface area contributed by atoms with Gasteiger partial charge in [-0.3, -0.25) is 4.98 Å². The van der Waals surface area contributed by atoms with Crippen molar-refractivity contribution in [2.75, 3.05) is 13.6 Å². The van der Waals surface area contributed by atoms with E-state index < -0.39 is 0 Å². The highest BCUT2D eigenvalue weighted by Gasteiger charge is 2.19. The predicted molar refractivity (Wildman–Crippen MR) is 74.4 cm³/mol. The molecule has 0 radical (unpaired) electrons. The number of nitrogens with two attached hydrogens (primary N) is 1. The summed E-state index contributed by atoms with van der Waals surface area (Å²) < 4.78 is 0. The molecule has 0 atom stereocenters. The van der Waals surface area contributed by atoms with Gasteiger partial charge in [0.2, 0.25) is 0 Å². The van der Waals surface area contributed by atoms with E-state index in [2.05, 4.69) is 37.1 Å². The van der Waals surface area contributed by atoms with Crippen LogP contribution in [-0.4, -0.2) is 23.5 Å². The summed E-state index contributed by atoms with van der Waals surface area (Å²) in [4.78, 5) is 7.16. The number of fused-ring (bicyclic) bond motifs is 2. The summed E-state index contributed by atoms with van der Waals surface area (Å²) in [6, 6.07) is 6.44. The van der Waals surface area contributed by atoms with E-state index in [9.17, 15) is 0 Å². The highest BCUT2D eigenvalue weighted by molar-refractivity contribution is 5.84. The van der Waals surface area contributed by atoms with Crippen molar-refractivity contribution >= 4 is 10.9 Å². The first-order chi connectivity index (χ1) is 8.69. The van der Waals surface area contributed by atoms with Crippen molar-refractivity contribution in [3.05, 3.63) is 40.6 Å². The molecule has 0 saturated heterocycles. The van der Waals surface area contributed by atoms with Gasteiger partial charge >= 0.3 is 0 Å². The molecule has 1 aromatic carbocycles. The van der Waals surface area contributed by atoms with E-state index in [-0.39, 0.29) is 0 Å². The van der Waals surface area contributed by atoms with Gasteiger partial charge in [-0.15, -0.1) is 0 Å². The van der Waals surface area contributed by atoms with Gasteiger partial charge in [0, 0.05) is 37.1 Å². The third-order valence-corrected chi connectivity index (χ3v) is 3.81. The van der Waals surface area contributed by atoms with E-state index in [4.69, 9.17) is 10.7 Å². The molecule has 0 aliphatic carbocycles. The minimum atomic E-state index is 0.596. The van der Waals surface area contributed by atoms with E-state index in [0.29, 0.717) is 6.54 Å². The van der Waals surface area contributed by atoms with E-state index in [0.717, 1.165) is 25.0 Å². The zero-order chi connectivity index (χ0) is 12.7. The molecule has 2 heterocycles. The topological polar surface area (TPSA) is 42.1 Å². The molecule has 3 nitrogen and oxygen atoms in total. The Kier molecular flexibility index (Phi) is 2.80. The maximum absolute atomic E-state index is 5.99. The second-order valence-electron chi connectivity index (χ2n) is 5.23. The summed E-state index contributed by atoms with van der Waals surface area (Å²) in [6.45, 7) is 4.77. The Balaban J connectivity index is 2.31. The zero-order valence-electron chi connectivity index (χ0n) is 11.0. The quantitative estimate of drug-likeness (QED) is 0.830. The number of likely N-dealkylation sites (N-methyl/N-ethyl adjacent to an activating group) is 1. The van der Waals surface area contributed by atoms with Gasteiger partial charge in [-0.25, -0.2) is 0 Å². The molecule has 0 unspecified atom stereocenters. The zero-order valence-corrected chi connectivity index (χ0v) is 11.0. The molecule has 18 heavy (non-hydrogen) atoms. The molecule has 0 spiro atoms. The number of aryl methyl sites for hydroxylation is 1. The van der Waals surface area contributed by atoms with Gasteiger partial charge in [-0.1, -0.05) is 11.6 Å². The highest BCUT2D eigenvalue weighted by atomic mass is 15.1. The molecule has 1 aromatic heterocycles. The van der Waals surface area contributed by atoms with Crippen LogP contribution in [0.25, 0.3) is 10.9 Å². The molecule has 2 N–H and O–H groups in total. The van der Waals surface area contributed by atoms with Crippen LogP contribution in [0.1, 0.15) is 22.4 Å². The van der Waals surface area contributed by atoms with Gasteiger partial charge in [-0.2, -0.15) is 0 Å². The first-order valence-corrected chi connectivity index (χ1v) is 6.48. The fraction of sp³-hybridized carbons (Fsp3) is 0.400. The summed E-state index contributed by atoms with van der Waals surface area (Å²) >= 11 is 0. The molecule has 0 fully saturated rings. The average Bonchev–Trinajstić information content (AvgIpc) is 2.36. The van der Waals surface area contributed by atoms with Crippen LogP contribution in [0.3, 0.4) is 0 Å². The number of hydrogen-bond acceptors (Lipinski definition) is 3. The summed E-state index contributed by atoms with van der Waals surface area (Å²) in [5.74, 6) is 0. The normalized spacial score (nSPS) is 15.9. The minimum absolute atomic E-state index is 0.596. The number of benzene rings is 1. The van der Waals surface area contributed by atoms with Crippen LogP contribution in [0.2, 0.25) is 0 Å². The second-order valence-corrected chi connectivity index (χ2v) is 5.23. The molecule has 3 heteroatoms. The molecule has 3 rings (SSSR count). The van der Waals surface area contributed by atoms with Crippen LogP contribution >= 0.6 is 0 Å². The fourth-order valence-electron chi connectivity index (χ4n) is 2.81. The SMILES string of the molecule is Cc1ccc2nc3c(c(CN)c2c1)CN(C)CC3. The van der Waals surface area contributed by atoms with Crippen LogP contribution in [0.15, 0.2) is 18.2 Å². The van der Waals surface area contributed by atoms with Crippen molar-refractivity contribution < 1.29 is 0 Å². The van der Waals surface area contributed by atoms with Gasteiger partial charge in [0.15, 0.2) is 0 Å². The Bertz CT molecular complexity index is 604. The minimum Gasteiger partial charge on any atom is -0.326 e. The Hall–Kier alpha value is -1.45. The Labute approximate surface area is 108 Å². The molecular formula is C15H19N3. The molecule has 1 aliphatic heterocycles. The van der Waals surface area contributed by atoms with E-state index in [1.807, 2.05) is 0 Å². The molecule has 94 valence electrons. The molecule has 0 saturated carbocycles. The lowest BCUT2D eigenvalue weighted by Crippen LogP contribution is -2.29. The van der Waals surface area contributed by atoms with E-state index in [1.54, 1.807) is 0 Å². The number of rotatable bonds is 1. The van der Waals surface area contributed by atoms with Crippen molar-refractivity contribution in [3.8, 4) is 0 Å². The maximum atomic E-state index is 5.99. The van der Waals surface area contributed by atoms with Gasteiger partial charge in [-0.05, 0) is 37.2 Å². The number of pyridine rings is 1. The molecule has 1 aliphatic rings. The monoisotopic (exact) mass is 241 g/mol. The van der Waals surface area contributed by atoms with Gasteiger partial charge in [0.25, 0.3) is 0 Å². The van der Waals surface area contributed by atoms with Crippen LogP contribution in [0.5, 0.6) is 0 Å². The Morgan fingerprint density at radius 3 is 3.00 bits per heavy atom. The standard InChI is InChI=1S/C15H19N3/c1-10-3-4-14-11(7-10)12(8-16)13-9-18(2)6-5-15(13)17-14/h3-4,7H,5-6,8-9,16H2,1-2H3. The first kappa shape index (κ1) is 11.6. The molecular weight excluding hydrogens is 222 g/mol. The van der Waals surface area contributed by atoms with Crippen molar-refractivity contribution in [1.82, 2.24) is 9.88 Å². The third kappa shape index (κ3) is 1.80. The highest BCUT2D eigenvalue weighted by Crippen LogP contribution is 2.27. The van der Waals surface area contributed by atoms with E-state index >= 15 is 0 Å². The Morgan fingerprint density at radius 1 is 1.39 bits per heavy atom. The van der Waals surface area contributed by atoms with Crippen molar-refractivity contribution in [3.63, 3.8) is 0 Å². The lowest BCUT2D eigenvalue weighted by molar-refractivity contribution is 0.309. The van der Waals surface area contributed by atoms with Crippen LogP contribution < -0.4 is 5.73 Å². The molecule has 0 bridgehead atoms. The second kappa shape index (κ2) is 4.34. The predicted octanol–water partition coefficient (Wildman–Crippen LogP) is 1.99. The summed E-state index contributed by atoms with van der Waals surface area (Å²) in [5.41, 5.74) is 12.2. The third-order valence-electron chi connectivity index (χ3n) is 3.81. The molecule has 2 aromatic rings. The van der Waals surface area contributed by atoms with Crippen molar-refractivity contribution in [2.24, 2.45) is 5.73 Å².